The van der Waals surface area contributed by atoms with Crippen molar-refractivity contribution in [3.05, 3.63) is 115 Å². The summed E-state index contributed by atoms with van der Waals surface area (Å²) in [6.07, 6.45) is 2.92. The van der Waals surface area contributed by atoms with E-state index in [0.29, 0.717) is 12.0 Å². The Kier molecular flexibility index (Phi) is 29.1. The topological polar surface area (TPSA) is 355 Å². The van der Waals surface area contributed by atoms with Gasteiger partial charge in [0, 0.05) is 62.7 Å². The van der Waals surface area contributed by atoms with Crippen molar-refractivity contribution in [1.29, 1.82) is 0 Å². The van der Waals surface area contributed by atoms with Crippen molar-refractivity contribution < 1.29 is 93.9 Å². The molecule has 0 radical (unpaired) electrons. The van der Waals surface area contributed by atoms with Crippen LogP contribution >= 0.6 is 0 Å². The van der Waals surface area contributed by atoms with Crippen molar-refractivity contribution in [3.63, 3.8) is 0 Å². The van der Waals surface area contributed by atoms with Gasteiger partial charge in [0.2, 0.25) is 0 Å². The number of fused-ring (bicyclic) bond motifs is 2. The van der Waals surface area contributed by atoms with E-state index in [9.17, 15) is 70.2 Å². The number of carbonyl (C=O) groups excluding carboxylic acids is 4. The SMILES string of the molecule is CNc1ccc(C(=O)CC(O)CCC(C)C2OC(=O)CC(O)CC(=O)CC(O)CC(O)CC(O)CC(O)CC3(O)CC(O)C(C(=O)OC)C(CC(O[C@@H]4O[C@H](C)[C@@H](O)[C@H](N)[C@@H]4O)\C=C/C=C\C=C\C=C/C=C\C=C\C=C/C2C)O3)cc1. The first-order valence-corrected chi connectivity index (χ1v) is 27.8. The number of ketones is 2. The molecule has 3 heterocycles. The molecule has 452 valence electrons. The molecule has 21 nitrogen and oxygen atoms in total. The van der Waals surface area contributed by atoms with Crippen molar-refractivity contribution in [3.8, 4) is 0 Å². The van der Waals surface area contributed by atoms with Crippen LogP contribution in [0.15, 0.2) is 109 Å². The van der Waals surface area contributed by atoms with Crippen molar-refractivity contribution >= 4 is 29.2 Å². The molecule has 14 unspecified atom stereocenters. The summed E-state index contributed by atoms with van der Waals surface area (Å²) in [4.78, 5) is 52.4. The van der Waals surface area contributed by atoms with Crippen LogP contribution in [0.25, 0.3) is 0 Å². The number of hydrogen-bond acceptors (Lipinski definition) is 21. The van der Waals surface area contributed by atoms with Crippen molar-refractivity contribution in [2.45, 2.75) is 195 Å². The van der Waals surface area contributed by atoms with E-state index in [-0.39, 0.29) is 49.7 Å². The molecular weight excluding hydrogens is 1050 g/mol. The molecule has 2 saturated heterocycles. The molecular formula is C60H88N2O19. The van der Waals surface area contributed by atoms with Crippen LogP contribution in [0, 0.1) is 17.8 Å². The molecule has 1 aromatic carbocycles. The van der Waals surface area contributed by atoms with Gasteiger partial charge >= 0.3 is 11.9 Å². The highest BCUT2D eigenvalue weighted by Crippen LogP contribution is 2.39. The fourth-order valence-electron chi connectivity index (χ4n) is 10.2. The van der Waals surface area contributed by atoms with E-state index >= 15 is 0 Å². The molecule has 13 N–H and O–H groups in total. The Hall–Kier alpha value is -5.08. The minimum absolute atomic E-state index is 0.103. The molecule has 0 aliphatic carbocycles. The maximum absolute atomic E-state index is 13.3. The third kappa shape index (κ3) is 23.6. The van der Waals surface area contributed by atoms with Gasteiger partial charge < -0.3 is 85.8 Å². The van der Waals surface area contributed by atoms with Gasteiger partial charge in [0.25, 0.3) is 0 Å². The van der Waals surface area contributed by atoms with Crippen LogP contribution in [-0.4, -0.2) is 186 Å². The summed E-state index contributed by atoms with van der Waals surface area (Å²) >= 11 is 0. The number of Topliss-reactive ketones (excluding diaryl/α,β-unsaturated/α-hetero) is 2. The Morgan fingerprint density at radius 3 is 1.88 bits per heavy atom. The number of benzene rings is 1. The van der Waals surface area contributed by atoms with Crippen LogP contribution in [-0.2, 0) is 38.1 Å². The van der Waals surface area contributed by atoms with Gasteiger partial charge in [0.05, 0.1) is 86.7 Å². The van der Waals surface area contributed by atoms with Crippen LogP contribution in [0.4, 0.5) is 5.69 Å². The Balaban J connectivity index is 1.55. The van der Waals surface area contributed by atoms with Gasteiger partial charge in [-0.15, -0.1) is 0 Å². The summed E-state index contributed by atoms with van der Waals surface area (Å²) in [6.45, 7) is 5.25. The predicted molar refractivity (Wildman–Crippen MR) is 299 cm³/mol. The highest BCUT2D eigenvalue weighted by molar-refractivity contribution is 5.96. The number of hydrogen-bond donors (Lipinski definition) is 12. The van der Waals surface area contributed by atoms with Gasteiger partial charge in [-0.05, 0) is 69.2 Å². The van der Waals surface area contributed by atoms with E-state index in [1.807, 2.05) is 19.9 Å². The van der Waals surface area contributed by atoms with Gasteiger partial charge in [0.15, 0.2) is 17.9 Å². The summed E-state index contributed by atoms with van der Waals surface area (Å²) < 4.78 is 28.9. The number of aliphatic hydroxyl groups is 10. The Bertz CT molecular complexity index is 2320. The lowest BCUT2D eigenvalue weighted by molar-refractivity contribution is -0.308. The van der Waals surface area contributed by atoms with Gasteiger partial charge in [0.1, 0.15) is 23.9 Å². The number of ether oxygens (including phenoxy) is 5. The number of methoxy groups -OCH3 is 1. The van der Waals surface area contributed by atoms with Crippen LogP contribution in [0.3, 0.4) is 0 Å². The van der Waals surface area contributed by atoms with Crippen LogP contribution in [0.5, 0.6) is 0 Å². The number of cyclic esters (lactones) is 1. The number of nitrogens with one attached hydrogen (secondary N) is 1. The van der Waals surface area contributed by atoms with E-state index < -0.39 is 160 Å². The van der Waals surface area contributed by atoms with E-state index in [4.69, 9.17) is 29.4 Å². The van der Waals surface area contributed by atoms with Gasteiger partial charge in [-0.3, -0.25) is 19.2 Å². The van der Waals surface area contributed by atoms with E-state index in [1.54, 1.807) is 117 Å². The second kappa shape index (κ2) is 34.5. The van der Waals surface area contributed by atoms with Crippen LogP contribution < -0.4 is 11.1 Å². The summed E-state index contributed by atoms with van der Waals surface area (Å²) in [5.74, 6) is -6.85. The van der Waals surface area contributed by atoms with Crippen LogP contribution in [0.1, 0.15) is 108 Å². The Labute approximate surface area is 474 Å². The Morgan fingerprint density at radius 1 is 0.728 bits per heavy atom. The number of esters is 2. The maximum atomic E-state index is 13.3. The summed E-state index contributed by atoms with van der Waals surface area (Å²) in [7, 11) is 2.88. The lowest BCUT2D eigenvalue weighted by Crippen LogP contribution is -2.61. The molecule has 0 amide bonds. The summed E-state index contributed by atoms with van der Waals surface area (Å²) in [6, 6.07) is 5.77. The number of aliphatic hydroxyl groups excluding tert-OH is 9. The molecule has 0 spiro atoms. The fourth-order valence-corrected chi connectivity index (χ4v) is 10.2. The first-order chi connectivity index (χ1) is 38.4. The first kappa shape index (κ1) is 68.4. The lowest BCUT2D eigenvalue weighted by atomic mass is 9.82. The van der Waals surface area contributed by atoms with E-state index in [2.05, 4.69) is 5.32 Å². The minimum atomic E-state index is -2.29. The lowest BCUT2D eigenvalue weighted by Gasteiger charge is -2.45. The fraction of sp³-hybridized carbons (Fsp3) is 0.600. The van der Waals surface area contributed by atoms with Gasteiger partial charge in [-0.1, -0.05) is 98.9 Å². The van der Waals surface area contributed by atoms with Crippen molar-refractivity contribution in [1.82, 2.24) is 0 Å². The molecule has 3 aliphatic rings. The average molecular weight is 1140 g/mol. The molecule has 1 aromatic rings. The number of carbonyl (C=O) groups is 4. The van der Waals surface area contributed by atoms with Crippen LogP contribution in [0.2, 0.25) is 0 Å². The molecule has 19 atom stereocenters. The summed E-state index contributed by atoms with van der Waals surface area (Å²) in [5.41, 5.74) is 7.39. The van der Waals surface area contributed by atoms with Crippen molar-refractivity contribution in [2.24, 2.45) is 23.5 Å². The first-order valence-electron chi connectivity index (χ1n) is 27.8. The largest absolute Gasteiger partial charge is 0.469 e. The second-order valence-corrected chi connectivity index (χ2v) is 21.6. The highest BCUT2D eigenvalue weighted by atomic mass is 16.7. The standard InChI is InChI=1S/C60H88N2O19/c1-36-18-16-14-12-10-8-6-7-9-11-13-15-17-19-48(79-59-56(74)54(61)55(73)38(3)78-59)33-51-53(58(75)77-5)50(71)35-60(76,81-51)34-47(69)30-45(67)28-43(65)26-42(64)27-44(66)29-46(68)32-52(72)80-57(36)37(2)20-25-41(63)31-49(70)39-21-23-40(62-4)24-22-39/h6-19,21-24,36-38,41-43,45-48,50-51,53-57,59,62-65,67-69,71,73-74,76H,20,25-35,61H2,1-5H3/b7-6-,10-8-,11-9+,14-12+,15-13-,18-16-,19-17-/t36?,37?,38-,41?,42?,43?,45?,46?,47?,48?,50?,51?,53?,54+,55-,56+,57?,59+,60?/m1/s1. The number of rotatable bonds is 11. The number of allylic oxidation sites excluding steroid dienone is 12. The maximum Gasteiger partial charge on any atom is 0.313 e. The predicted octanol–water partition coefficient (Wildman–Crippen LogP) is 2.83. The molecule has 81 heavy (non-hydrogen) atoms. The van der Waals surface area contributed by atoms with Crippen molar-refractivity contribution in [2.75, 3.05) is 19.5 Å². The highest BCUT2D eigenvalue weighted by Gasteiger charge is 2.51. The van der Waals surface area contributed by atoms with Gasteiger partial charge in [-0.25, -0.2) is 0 Å². The monoisotopic (exact) mass is 1140 g/mol. The molecule has 0 saturated carbocycles. The molecule has 21 heteroatoms. The minimum Gasteiger partial charge on any atom is -0.469 e. The molecule has 4 rings (SSSR count). The van der Waals surface area contributed by atoms with Gasteiger partial charge in [-0.2, -0.15) is 0 Å². The normalized spacial score (nSPS) is 37.7. The third-order valence-electron chi connectivity index (χ3n) is 14.6. The average Bonchev–Trinajstić information content (AvgIpc) is 3.43. The van der Waals surface area contributed by atoms with E-state index in [1.165, 1.54) is 0 Å². The number of nitrogens with two attached hydrogens (primary N) is 1. The quantitative estimate of drug-likeness (QED) is 0.112. The number of anilines is 1. The zero-order valence-corrected chi connectivity index (χ0v) is 47.0. The third-order valence-corrected chi connectivity index (χ3v) is 14.6. The van der Waals surface area contributed by atoms with E-state index in [0.717, 1.165) is 12.8 Å². The molecule has 0 aromatic heterocycles. The summed E-state index contributed by atoms with van der Waals surface area (Å²) in [5, 5.41) is 113. The second-order valence-electron chi connectivity index (χ2n) is 21.6. The zero-order chi connectivity index (χ0) is 59.8. The zero-order valence-electron chi connectivity index (χ0n) is 47.0. The molecule has 2 bridgehead atoms. The molecule has 2 fully saturated rings. The Morgan fingerprint density at radius 2 is 1.28 bits per heavy atom. The molecule has 3 aliphatic heterocycles. The smallest absolute Gasteiger partial charge is 0.313 e.